The van der Waals surface area contributed by atoms with Crippen molar-refractivity contribution >= 4 is 17.4 Å². The molecule has 0 saturated carbocycles. The number of methoxy groups -OCH3 is 1. The van der Waals surface area contributed by atoms with E-state index >= 15 is 0 Å². The largest absolute Gasteiger partial charge is 0.465 e. The summed E-state index contributed by atoms with van der Waals surface area (Å²) >= 11 is 0. The standard InChI is InChI=1S/C21H18N2O6/c1-12-18(19(13(2)22-12)21(25)28-3)20(24)16-6-4-5-7-17(16)29-15-10-8-14(9-11-15)23(26)27/h4-11,22H,1-3H3. The van der Waals surface area contributed by atoms with Crippen molar-refractivity contribution in [1.82, 2.24) is 4.98 Å². The predicted octanol–water partition coefficient (Wildman–Crippen LogP) is 4.35. The molecule has 1 N–H and O–H groups in total. The number of aromatic amines is 1. The number of aryl methyl sites for hydroxylation is 2. The lowest BCUT2D eigenvalue weighted by atomic mass is 9.98. The Labute approximate surface area is 166 Å². The monoisotopic (exact) mass is 394 g/mol. The molecule has 0 saturated heterocycles. The number of nitrogens with zero attached hydrogens (tertiary/aromatic N) is 1. The topological polar surface area (TPSA) is 112 Å². The average molecular weight is 394 g/mol. The van der Waals surface area contributed by atoms with Crippen LogP contribution < -0.4 is 4.74 Å². The van der Waals surface area contributed by atoms with Gasteiger partial charge < -0.3 is 14.5 Å². The molecule has 8 heteroatoms. The fraction of sp³-hybridized carbons (Fsp3) is 0.143. The van der Waals surface area contributed by atoms with Gasteiger partial charge in [-0.3, -0.25) is 14.9 Å². The summed E-state index contributed by atoms with van der Waals surface area (Å²) in [5, 5.41) is 10.8. The summed E-state index contributed by atoms with van der Waals surface area (Å²) in [5.41, 5.74) is 1.65. The number of nitro groups is 1. The van der Waals surface area contributed by atoms with Crippen molar-refractivity contribution in [1.29, 1.82) is 0 Å². The molecule has 3 rings (SSSR count). The molecule has 1 aromatic heterocycles. The van der Waals surface area contributed by atoms with Gasteiger partial charge in [0, 0.05) is 23.5 Å². The van der Waals surface area contributed by atoms with E-state index in [9.17, 15) is 19.7 Å². The maximum Gasteiger partial charge on any atom is 0.340 e. The Hall–Kier alpha value is -3.94. The lowest BCUT2D eigenvalue weighted by Gasteiger charge is -2.11. The Morgan fingerprint density at radius 1 is 0.966 bits per heavy atom. The zero-order valence-corrected chi connectivity index (χ0v) is 16.0. The van der Waals surface area contributed by atoms with Crippen molar-refractivity contribution in [2.24, 2.45) is 0 Å². The Kier molecular flexibility index (Phi) is 5.45. The smallest absolute Gasteiger partial charge is 0.340 e. The van der Waals surface area contributed by atoms with Crippen molar-refractivity contribution in [3.05, 3.63) is 86.7 Å². The number of ether oxygens (including phenoxy) is 2. The van der Waals surface area contributed by atoms with E-state index in [1.54, 1.807) is 38.1 Å². The van der Waals surface area contributed by atoms with E-state index in [0.717, 1.165) is 0 Å². The summed E-state index contributed by atoms with van der Waals surface area (Å²) in [6.45, 7) is 3.39. The van der Waals surface area contributed by atoms with Crippen LogP contribution in [0.15, 0.2) is 48.5 Å². The fourth-order valence-corrected chi connectivity index (χ4v) is 3.06. The van der Waals surface area contributed by atoms with Crippen molar-refractivity contribution in [2.75, 3.05) is 7.11 Å². The SMILES string of the molecule is COC(=O)c1c(C)[nH]c(C)c1C(=O)c1ccccc1Oc1ccc([N+](=O)[O-])cc1. The maximum atomic E-state index is 13.3. The maximum absolute atomic E-state index is 13.3. The highest BCUT2D eigenvalue weighted by Gasteiger charge is 2.27. The number of aromatic nitrogens is 1. The molecule has 148 valence electrons. The number of para-hydroxylation sites is 1. The van der Waals surface area contributed by atoms with Crippen LogP contribution in [-0.4, -0.2) is 28.8 Å². The minimum absolute atomic E-state index is 0.0668. The number of rotatable bonds is 6. The molecular formula is C21H18N2O6. The van der Waals surface area contributed by atoms with Gasteiger partial charge in [0.05, 0.1) is 28.7 Å². The third-order valence-corrected chi connectivity index (χ3v) is 4.40. The summed E-state index contributed by atoms with van der Waals surface area (Å²) in [4.78, 5) is 38.8. The van der Waals surface area contributed by atoms with Crippen LogP contribution in [0.2, 0.25) is 0 Å². The first-order chi connectivity index (χ1) is 13.8. The quantitative estimate of drug-likeness (QED) is 0.288. The third kappa shape index (κ3) is 3.86. The van der Waals surface area contributed by atoms with Gasteiger partial charge in [-0.05, 0) is 38.1 Å². The first kappa shape index (κ1) is 19.8. The normalized spacial score (nSPS) is 10.4. The Bertz CT molecular complexity index is 1100. The molecule has 0 spiro atoms. The van der Waals surface area contributed by atoms with Crippen LogP contribution in [-0.2, 0) is 4.74 Å². The van der Waals surface area contributed by atoms with E-state index in [4.69, 9.17) is 9.47 Å². The minimum Gasteiger partial charge on any atom is -0.465 e. The van der Waals surface area contributed by atoms with Crippen molar-refractivity contribution < 1.29 is 24.0 Å². The van der Waals surface area contributed by atoms with Crippen molar-refractivity contribution in [3.63, 3.8) is 0 Å². The van der Waals surface area contributed by atoms with E-state index in [-0.39, 0.29) is 28.1 Å². The van der Waals surface area contributed by atoms with Gasteiger partial charge in [-0.15, -0.1) is 0 Å². The summed E-state index contributed by atoms with van der Waals surface area (Å²) in [6.07, 6.45) is 0. The number of hydrogen-bond donors (Lipinski definition) is 1. The van der Waals surface area contributed by atoms with E-state index in [0.29, 0.717) is 17.1 Å². The molecule has 8 nitrogen and oxygen atoms in total. The lowest BCUT2D eigenvalue weighted by Crippen LogP contribution is -2.12. The van der Waals surface area contributed by atoms with Gasteiger partial charge in [0.25, 0.3) is 5.69 Å². The number of carbonyl (C=O) groups excluding carboxylic acids is 2. The highest BCUT2D eigenvalue weighted by Crippen LogP contribution is 2.30. The van der Waals surface area contributed by atoms with Crippen LogP contribution in [0.4, 0.5) is 5.69 Å². The van der Waals surface area contributed by atoms with Crippen LogP contribution in [0.25, 0.3) is 0 Å². The van der Waals surface area contributed by atoms with Crippen LogP contribution in [0.1, 0.15) is 37.7 Å². The van der Waals surface area contributed by atoms with Crippen molar-refractivity contribution in [2.45, 2.75) is 13.8 Å². The minimum atomic E-state index is -0.607. The van der Waals surface area contributed by atoms with E-state index < -0.39 is 16.7 Å². The molecule has 0 aliphatic rings. The number of nitrogens with one attached hydrogen (secondary N) is 1. The zero-order valence-electron chi connectivity index (χ0n) is 16.0. The van der Waals surface area contributed by atoms with Crippen LogP contribution in [0.3, 0.4) is 0 Å². The lowest BCUT2D eigenvalue weighted by molar-refractivity contribution is -0.384. The first-order valence-electron chi connectivity index (χ1n) is 8.67. The molecule has 0 bridgehead atoms. The van der Waals surface area contributed by atoms with E-state index in [2.05, 4.69) is 4.98 Å². The van der Waals surface area contributed by atoms with Gasteiger partial charge in [-0.1, -0.05) is 12.1 Å². The number of ketones is 1. The second-order valence-electron chi connectivity index (χ2n) is 6.29. The molecule has 0 aliphatic heterocycles. The fourth-order valence-electron chi connectivity index (χ4n) is 3.06. The molecular weight excluding hydrogens is 376 g/mol. The molecule has 0 fully saturated rings. The summed E-state index contributed by atoms with van der Waals surface area (Å²) in [7, 11) is 1.25. The first-order valence-corrected chi connectivity index (χ1v) is 8.67. The third-order valence-electron chi connectivity index (χ3n) is 4.40. The molecule has 0 unspecified atom stereocenters. The Balaban J connectivity index is 2.00. The van der Waals surface area contributed by atoms with Gasteiger partial charge in [0.2, 0.25) is 0 Å². The van der Waals surface area contributed by atoms with Gasteiger partial charge in [-0.2, -0.15) is 0 Å². The molecule has 0 amide bonds. The van der Waals surface area contributed by atoms with Crippen LogP contribution in [0, 0.1) is 24.0 Å². The second kappa shape index (κ2) is 7.97. The molecule has 3 aromatic rings. The van der Waals surface area contributed by atoms with E-state index in [1.165, 1.54) is 31.4 Å². The van der Waals surface area contributed by atoms with Crippen LogP contribution in [0.5, 0.6) is 11.5 Å². The zero-order chi connectivity index (χ0) is 21.1. The van der Waals surface area contributed by atoms with E-state index in [1.807, 2.05) is 0 Å². The highest BCUT2D eigenvalue weighted by molar-refractivity contribution is 6.17. The molecule has 0 radical (unpaired) electrons. The Morgan fingerprint density at radius 3 is 2.21 bits per heavy atom. The van der Waals surface area contributed by atoms with Crippen LogP contribution >= 0.6 is 0 Å². The summed E-state index contributed by atoms with van der Waals surface area (Å²) < 4.78 is 10.6. The number of esters is 1. The molecule has 0 atom stereocenters. The number of nitro benzene ring substituents is 1. The number of non-ortho nitro benzene ring substituents is 1. The number of carbonyl (C=O) groups is 2. The predicted molar refractivity (Wildman–Crippen MR) is 105 cm³/mol. The second-order valence-corrected chi connectivity index (χ2v) is 6.29. The number of H-pyrrole nitrogens is 1. The van der Waals surface area contributed by atoms with Gasteiger partial charge in [-0.25, -0.2) is 4.79 Å². The van der Waals surface area contributed by atoms with Gasteiger partial charge in [0.15, 0.2) is 5.78 Å². The molecule has 0 aliphatic carbocycles. The number of hydrogen-bond acceptors (Lipinski definition) is 6. The highest BCUT2D eigenvalue weighted by atomic mass is 16.6. The molecule has 1 heterocycles. The summed E-state index contributed by atoms with van der Waals surface area (Å²) in [6, 6.07) is 12.1. The molecule has 29 heavy (non-hydrogen) atoms. The molecule has 2 aromatic carbocycles. The van der Waals surface area contributed by atoms with Crippen molar-refractivity contribution in [3.8, 4) is 11.5 Å². The number of benzene rings is 2. The summed E-state index contributed by atoms with van der Waals surface area (Å²) in [5.74, 6) is -0.403. The van der Waals surface area contributed by atoms with Gasteiger partial charge >= 0.3 is 5.97 Å². The Morgan fingerprint density at radius 2 is 1.59 bits per heavy atom. The van der Waals surface area contributed by atoms with Gasteiger partial charge in [0.1, 0.15) is 11.5 Å². The average Bonchev–Trinajstić information content (AvgIpc) is 3.01.